The van der Waals surface area contributed by atoms with Crippen LogP contribution < -0.4 is 21.5 Å². The highest BCUT2D eigenvalue weighted by Gasteiger charge is 2.31. The number of fused-ring (bicyclic) bond motifs is 2. The van der Waals surface area contributed by atoms with Crippen molar-refractivity contribution in [1.29, 1.82) is 5.41 Å². The molecule has 0 fully saturated rings. The van der Waals surface area contributed by atoms with Gasteiger partial charge in [0.25, 0.3) is 20.2 Å². The fourth-order valence-electron chi connectivity index (χ4n) is 3.68. The zero-order valence-corrected chi connectivity index (χ0v) is 21.3. The van der Waals surface area contributed by atoms with Gasteiger partial charge < -0.3 is 25.4 Å². The maximum atomic E-state index is 12.1. The smallest absolute Gasteiger partial charge is 0.300 e. The molecule has 38 heavy (non-hydrogen) atoms. The Balaban J connectivity index is 0.000000732. The number of nitrogens with two attached hydrogens (primary N) is 1. The van der Waals surface area contributed by atoms with Crippen molar-refractivity contribution in [3.05, 3.63) is 59.5 Å². The van der Waals surface area contributed by atoms with Crippen LogP contribution in [-0.4, -0.2) is 44.9 Å². The molecule has 1 aliphatic heterocycles. The summed E-state index contributed by atoms with van der Waals surface area (Å²) in [6.45, 7) is 1.47. The monoisotopic (exact) mass is 562 g/mol. The summed E-state index contributed by atoms with van der Waals surface area (Å²) in [5.41, 5.74) is 4.28. The van der Waals surface area contributed by atoms with Crippen molar-refractivity contribution >= 4 is 48.8 Å². The van der Waals surface area contributed by atoms with Crippen LogP contribution in [0.25, 0.3) is 33.4 Å². The van der Waals surface area contributed by atoms with Gasteiger partial charge in [0.1, 0.15) is 0 Å². The lowest BCUT2D eigenvalue weighted by atomic mass is 9.90. The van der Waals surface area contributed by atoms with E-state index in [1.54, 1.807) is 7.05 Å². The molecule has 13 nitrogen and oxygen atoms in total. The van der Waals surface area contributed by atoms with E-state index in [4.69, 9.17) is 15.6 Å². The van der Waals surface area contributed by atoms with E-state index in [0.717, 1.165) is 12.1 Å². The number of hydrogen-bond acceptors (Lipinski definition) is 10. The van der Waals surface area contributed by atoms with Gasteiger partial charge in [0, 0.05) is 36.0 Å². The van der Waals surface area contributed by atoms with E-state index in [0.29, 0.717) is 0 Å². The minimum atomic E-state index is -5.07. The molecule has 0 atom stereocenters. The Morgan fingerprint density at radius 1 is 0.947 bits per heavy atom. The summed E-state index contributed by atoms with van der Waals surface area (Å²) in [6.07, 6.45) is 0. The lowest BCUT2D eigenvalue weighted by Crippen LogP contribution is -2.23. The van der Waals surface area contributed by atoms with Crippen LogP contribution in [0.2, 0.25) is 0 Å². The first kappa shape index (κ1) is 28.3. The third-order valence-corrected chi connectivity index (χ3v) is 7.14. The van der Waals surface area contributed by atoms with Gasteiger partial charge in [0.15, 0.2) is 21.1 Å². The average molecular weight is 563 g/mol. The maximum absolute atomic E-state index is 12.1. The third kappa shape index (κ3) is 5.35. The molecule has 0 unspecified atom stereocenters. The minimum Gasteiger partial charge on any atom is -0.545 e. The van der Waals surface area contributed by atoms with Crippen LogP contribution in [0.4, 0.5) is 5.69 Å². The molecule has 0 saturated heterocycles. The minimum absolute atomic E-state index is 0.00463. The number of carboxylic acids is 1. The molecule has 0 spiro atoms. The summed E-state index contributed by atoms with van der Waals surface area (Å²) in [5.74, 6) is -2.22. The first-order valence-corrected chi connectivity index (χ1v) is 13.3. The first-order chi connectivity index (χ1) is 17.6. The summed E-state index contributed by atoms with van der Waals surface area (Å²) >= 11 is 0. The lowest BCUT2D eigenvalue weighted by molar-refractivity contribution is -0.254. The number of rotatable bonds is 4. The Morgan fingerprint density at radius 2 is 1.53 bits per heavy atom. The number of amides is 1. The Morgan fingerprint density at radius 3 is 2.05 bits per heavy atom. The van der Waals surface area contributed by atoms with E-state index in [1.807, 2.05) is 0 Å². The number of carboxylic acid groups (broad SMARTS) is 1. The van der Waals surface area contributed by atoms with Crippen molar-refractivity contribution in [3.63, 3.8) is 0 Å². The predicted molar refractivity (Wildman–Crippen MR) is 132 cm³/mol. The fourth-order valence-corrected chi connectivity index (χ4v) is 5.16. The van der Waals surface area contributed by atoms with E-state index in [2.05, 4.69) is 5.32 Å². The van der Waals surface area contributed by atoms with E-state index in [9.17, 15) is 40.6 Å². The zero-order valence-electron chi connectivity index (χ0n) is 19.7. The molecular formula is C23H20N3O10S2-. The Labute approximate surface area is 215 Å². The van der Waals surface area contributed by atoms with Gasteiger partial charge in [-0.25, -0.2) is 0 Å². The van der Waals surface area contributed by atoms with Crippen LogP contribution in [0, 0.1) is 5.41 Å². The van der Waals surface area contributed by atoms with Crippen molar-refractivity contribution in [2.75, 3.05) is 12.8 Å². The molecule has 6 N–H and O–H groups in total. The van der Waals surface area contributed by atoms with Gasteiger partial charge in [-0.3, -0.25) is 19.3 Å². The molecule has 15 heteroatoms. The first-order valence-electron chi connectivity index (χ1n) is 10.4. The van der Waals surface area contributed by atoms with E-state index >= 15 is 0 Å². The normalized spacial score (nSPS) is 11.6. The second-order valence-corrected chi connectivity index (χ2v) is 10.5. The van der Waals surface area contributed by atoms with Gasteiger partial charge >= 0.3 is 0 Å². The highest BCUT2D eigenvalue weighted by atomic mass is 32.2. The Kier molecular flexibility index (Phi) is 7.60. The molecule has 1 amide bonds. The van der Waals surface area contributed by atoms with E-state index in [1.165, 1.54) is 43.3 Å². The molecule has 0 bridgehead atoms. The van der Waals surface area contributed by atoms with Crippen LogP contribution in [-0.2, 0) is 25.0 Å². The van der Waals surface area contributed by atoms with Crippen molar-refractivity contribution in [2.24, 2.45) is 0 Å². The number of anilines is 1. The van der Waals surface area contributed by atoms with E-state index < -0.39 is 58.4 Å². The van der Waals surface area contributed by atoms with Crippen LogP contribution in [0.15, 0.2) is 62.7 Å². The molecule has 2 aromatic rings. The van der Waals surface area contributed by atoms with Crippen LogP contribution in [0.3, 0.4) is 0 Å². The van der Waals surface area contributed by atoms with Crippen molar-refractivity contribution < 1.29 is 45.1 Å². The Bertz CT molecular complexity index is 1850. The lowest BCUT2D eigenvalue weighted by Gasteiger charge is -2.20. The fraction of sp³-hybridized carbons (Fsp3) is 0.0870. The molecule has 2 aromatic carbocycles. The number of hydrogen-bond donors (Lipinski definition) is 5. The van der Waals surface area contributed by atoms with E-state index in [-0.39, 0.29) is 33.5 Å². The van der Waals surface area contributed by atoms with Gasteiger partial charge in [0.05, 0.1) is 17.0 Å². The largest absolute Gasteiger partial charge is 0.545 e. The van der Waals surface area contributed by atoms with Crippen LogP contribution in [0.5, 0.6) is 0 Å². The third-order valence-electron chi connectivity index (χ3n) is 5.28. The summed E-state index contributed by atoms with van der Waals surface area (Å²) in [5, 5.41) is 21.4. The van der Waals surface area contributed by atoms with Gasteiger partial charge in [-0.2, -0.15) is 16.8 Å². The van der Waals surface area contributed by atoms with Crippen molar-refractivity contribution in [1.82, 2.24) is 5.32 Å². The van der Waals surface area contributed by atoms with Crippen LogP contribution in [0.1, 0.15) is 17.3 Å². The van der Waals surface area contributed by atoms with Gasteiger partial charge in [0.2, 0.25) is 5.91 Å². The van der Waals surface area contributed by atoms with Crippen molar-refractivity contribution in [2.45, 2.75) is 16.7 Å². The Hall–Kier alpha value is -4.31. The average Bonchev–Trinajstić information content (AvgIpc) is 2.81. The predicted octanol–water partition coefficient (Wildman–Crippen LogP) is 0.875. The highest BCUT2D eigenvalue weighted by molar-refractivity contribution is 7.86. The number of nitrogen functional groups attached to an aromatic ring is 1. The summed E-state index contributed by atoms with van der Waals surface area (Å²) in [4.78, 5) is 19.6. The molecule has 4 rings (SSSR count). The summed E-state index contributed by atoms with van der Waals surface area (Å²) in [6, 6.07) is 10.2. The quantitative estimate of drug-likeness (QED) is 0.133. The zero-order chi connectivity index (χ0) is 28.6. The molecular weight excluding hydrogens is 542 g/mol. The molecule has 0 radical (unpaired) electrons. The molecule has 0 saturated carbocycles. The number of benzene rings is 3. The van der Waals surface area contributed by atoms with Gasteiger partial charge in [-0.15, -0.1) is 0 Å². The molecule has 1 aliphatic carbocycles. The summed E-state index contributed by atoms with van der Waals surface area (Å²) in [7, 11) is -8.48. The van der Waals surface area contributed by atoms with Gasteiger partial charge in [-0.1, -0.05) is 24.3 Å². The number of carbonyl (C=O) groups excluding carboxylic acids is 2. The number of carbonyl (C=O) groups is 2. The van der Waals surface area contributed by atoms with Gasteiger partial charge in [-0.05, 0) is 29.8 Å². The standard InChI is InChI=1S/C20H14N2O9S2.C3H7NO/c21-13-7-5-11-15(9-3-1-2-4-10(9)20(23)24)12-6-8-14(22)19(33(28,29)30)17(12)31-16(11)18(13)32(25,26)27;1-3(5)4-2/h1-8,21H,22H2,(H,23,24)(H,25,26,27)(H,28,29,30);1-2H3,(H,4,5)/p-1. The summed E-state index contributed by atoms with van der Waals surface area (Å²) < 4.78 is 73.3. The molecule has 200 valence electrons. The topological polar surface area (TPSA) is 241 Å². The number of aromatic carboxylic acids is 1. The maximum Gasteiger partial charge on any atom is 0.300 e. The second kappa shape index (κ2) is 10.2. The van der Waals surface area contributed by atoms with Crippen LogP contribution >= 0.6 is 0 Å². The molecule has 2 aliphatic rings. The molecule has 1 heterocycles. The number of nitrogens with one attached hydrogen (secondary N) is 2. The van der Waals surface area contributed by atoms with Crippen molar-refractivity contribution in [3.8, 4) is 22.5 Å². The highest BCUT2D eigenvalue weighted by Crippen LogP contribution is 2.45. The molecule has 0 aromatic heterocycles. The SMILES string of the molecule is CNC(C)=O.N=c1ccc2c(-c3ccccc3C(=O)[O-])c3ccc(N)c(S(=O)(=O)O)c3oc-2c1S(=O)(=O)O. The second-order valence-electron chi connectivity index (χ2n) is 7.75.